The Morgan fingerprint density at radius 2 is 1.81 bits per heavy atom. The Hall–Kier alpha value is -2.08. The van der Waals surface area contributed by atoms with Gasteiger partial charge in [-0.25, -0.2) is 0 Å². The van der Waals surface area contributed by atoms with Gasteiger partial charge in [0.25, 0.3) is 0 Å². The molecule has 1 aliphatic carbocycles. The van der Waals surface area contributed by atoms with Crippen LogP contribution in [0.1, 0.15) is 36.1 Å². The summed E-state index contributed by atoms with van der Waals surface area (Å²) in [6, 6.07) is 17.2. The van der Waals surface area contributed by atoms with Crippen molar-refractivity contribution in [2.24, 2.45) is 0 Å². The Bertz CT molecular complexity index is 715. The lowest BCUT2D eigenvalue weighted by molar-refractivity contribution is 0.644. The van der Waals surface area contributed by atoms with Crippen molar-refractivity contribution in [3.05, 3.63) is 89.0 Å². The highest BCUT2D eigenvalue weighted by Gasteiger charge is 2.34. The maximum atomic E-state index is 4.26. The molecule has 3 rings (SSSR count). The Kier molecular flexibility index (Phi) is 3.33. The third-order valence-electron chi connectivity index (χ3n) is 4.62. The fourth-order valence-electron chi connectivity index (χ4n) is 3.20. The van der Waals surface area contributed by atoms with E-state index in [1.54, 1.807) is 0 Å². The first-order valence-electron chi connectivity index (χ1n) is 7.54. The van der Waals surface area contributed by atoms with Crippen LogP contribution in [0.2, 0.25) is 0 Å². The molecule has 0 amide bonds. The van der Waals surface area contributed by atoms with Crippen LogP contribution in [0.4, 0.5) is 0 Å². The fourth-order valence-corrected chi connectivity index (χ4v) is 3.20. The van der Waals surface area contributed by atoms with Crippen molar-refractivity contribution in [1.82, 2.24) is 0 Å². The molecule has 0 fully saturated rings. The van der Waals surface area contributed by atoms with Crippen molar-refractivity contribution in [3.8, 4) is 0 Å². The van der Waals surface area contributed by atoms with Gasteiger partial charge < -0.3 is 0 Å². The first kappa shape index (κ1) is 13.9. The van der Waals surface area contributed by atoms with E-state index in [4.69, 9.17) is 0 Å². The van der Waals surface area contributed by atoms with Gasteiger partial charge in [0.15, 0.2) is 0 Å². The minimum absolute atomic E-state index is 0.0963. The molecular formula is C21H22. The van der Waals surface area contributed by atoms with E-state index >= 15 is 0 Å². The van der Waals surface area contributed by atoms with Gasteiger partial charge in [-0.2, -0.15) is 0 Å². The number of aryl methyl sites for hydroxylation is 1. The predicted molar refractivity (Wildman–Crippen MR) is 91.5 cm³/mol. The zero-order chi connectivity index (χ0) is 15.0. The summed E-state index contributed by atoms with van der Waals surface area (Å²) in [5.41, 5.74) is 8.12. The second kappa shape index (κ2) is 5.04. The van der Waals surface area contributed by atoms with Crippen LogP contribution in [0.15, 0.2) is 66.8 Å². The van der Waals surface area contributed by atoms with Gasteiger partial charge in [0.1, 0.15) is 0 Å². The molecular weight excluding hydrogens is 252 g/mol. The summed E-state index contributed by atoms with van der Waals surface area (Å²) >= 11 is 0. The molecule has 1 aliphatic rings. The summed E-state index contributed by atoms with van der Waals surface area (Å²) in [5.74, 6) is 0. The Balaban J connectivity index is 1.98. The van der Waals surface area contributed by atoms with Crippen LogP contribution in [-0.4, -0.2) is 0 Å². The lowest BCUT2D eigenvalue weighted by Crippen LogP contribution is -2.15. The Morgan fingerprint density at radius 3 is 2.52 bits per heavy atom. The van der Waals surface area contributed by atoms with E-state index in [1.807, 2.05) is 6.07 Å². The molecule has 0 spiro atoms. The number of rotatable bonds is 2. The van der Waals surface area contributed by atoms with Gasteiger partial charge in [0.05, 0.1) is 0 Å². The second-order valence-corrected chi connectivity index (χ2v) is 6.52. The first-order valence-corrected chi connectivity index (χ1v) is 7.54. The van der Waals surface area contributed by atoms with Crippen LogP contribution in [0.3, 0.4) is 0 Å². The molecule has 0 bridgehead atoms. The highest BCUT2D eigenvalue weighted by Crippen LogP contribution is 2.43. The molecule has 0 saturated heterocycles. The molecule has 0 radical (unpaired) electrons. The first-order chi connectivity index (χ1) is 9.98. The highest BCUT2D eigenvalue weighted by molar-refractivity contribution is 5.74. The maximum Gasteiger partial charge on any atom is 0.0115 e. The number of fused-ring (bicyclic) bond motifs is 1. The van der Waals surface area contributed by atoms with Gasteiger partial charge in [-0.3, -0.25) is 0 Å². The van der Waals surface area contributed by atoms with Crippen molar-refractivity contribution in [3.63, 3.8) is 0 Å². The number of benzene rings is 2. The summed E-state index contributed by atoms with van der Waals surface area (Å²) in [7, 11) is 0. The van der Waals surface area contributed by atoms with Crippen molar-refractivity contribution < 1.29 is 0 Å². The van der Waals surface area contributed by atoms with Crippen LogP contribution >= 0.6 is 0 Å². The average Bonchev–Trinajstić information content (AvgIpc) is 2.71. The van der Waals surface area contributed by atoms with E-state index in [9.17, 15) is 0 Å². The summed E-state index contributed by atoms with van der Waals surface area (Å²) < 4.78 is 0. The number of hydrogen-bond donors (Lipinski definition) is 0. The molecule has 106 valence electrons. The van der Waals surface area contributed by atoms with E-state index in [2.05, 4.69) is 75.9 Å². The van der Waals surface area contributed by atoms with Crippen LogP contribution in [0.5, 0.6) is 0 Å². The van der Waals surface area contributed by atoms with Gasteiger partial charge in [-0.15, -0.1) is 0 Å². The molecule has 0 aliphatic heterocycles. The van der Waals surface area contributed by atoms with Gasteiger partial charge in [-0.05, 0) is 35.6 Å². The molecule has 0 heterocycles. The topological polar surface area (TPSA) is 0 Å². The molecule has 0 nitrogen and oxygen atoms in total. The van der Waals surface area contributed by atoms with Crippen molar-refractivity contribution in [1.29, 1.82) is 0 Å². The van der Waals surface area contributed by atoms with Gasteiger partial charge in [0.2, 0.25) is 0 Å². The summed E-state index contributed by atoms with van der Waals surface area (Å²) in [6.45, 7) is 11.1. The zero-order valence-electron chi connectivity index (χ0n) is 13.1. The zero-order valence-corrected chi connectivity index (χ0v) is 13.1. The summed E-state index contributed by atoms with van der Waals surface area (Å²) in [4.78, 5) is 0. The molecule has 0 atom stereocenters. The molecule has 0 N–H and O–H groups in total. The highest BCUT2D eigenvalue weighted by atomic mass is 14.4. The SMILES string of the molecule is C=C(/C=C1\Cc2ccc(C)cc2C1(C)C)c1ccccc1. The van der Waals surface area contributed by atoms with Crippen molar-refractivity contribution >= 4 is 5.57 Å². The van der Waals surface area contributed by atoms with Crippen LogP contribution in [0.25, 0.3) is 5.57 Å². The molecule has 21 heavy (non-hydrogen) atoms. The van der Waals surface area contributed by atoms with E-state index in [-0.39, 0.29) is 5.41 Å². The second-order valence-electron chi connectivity index (χ2n) is 6.52. The summed E-state index contributed by atoms with van der Waals surface area (Å²) in [5, 5.41) is 0. The van der Waals surface area contributed by atoms with Gasteiger partial charge in [-0.1, -0.05) is 86.2 Å². The third kappa shape index (κ3) is 2.47. The van der Waals surface area contributed by atoms with Crippen LogP contribution in [-0.2, 0) is 11.8 Å². The maximum absolute atomic E-state index is 4.26. The minimum atomic E-state index is 0.0963. The lowest BCUT2D eigenvalue weighted by atomic mass is 9.81. The standard InChI is InChI=1S/C21H22/c1-15-10-11-18-14-19(21(3,4)20(18)12-15)13-16(2)17-8-6-5-7-9-17/h5-13H,2,14H2,1,3-4H3/b19-13+. The van der Waals surface area contributed by atoms with Crippen LogP contribution in [0, 0.1) is 6.92 Å². The molecule has 0 saturated carbocycles. The Labute approximate surface area is 127 Å². The van der Waals surface area contributed by atoms with Gasteiger partial charge in [0, 0.05) is 5.41 Å². The quantitative estimate of drug-likeness (QED) is 0.681. The number of allylic oxidation sites excluding steroid dienone is 3. The summed E-state index contributed by atoms with van der Waals surface area (Å²) in [6.07, 6.45) is 3.32. The smallest absolute Gasteiger partial charge is 0.0115 e. The van der Waals surface area contributed by atoms with Gasteiger partial charge >= 0.3 is 0 Å². The third-order valence-corrected chi connectivity index (χ3v) is 4.62. The lowest BCUT2D eigenvalue weighted by Gasteiger charge is -2.23. The Morgan fingerprint density at radius 1 is 1.10 bits per heavy atom. The van der Waals surface area contributed by atoms with Crippen LogP contribution < -0.4 is 0 Å². The normalized spacial score (nSPS) is 17.8. The average molecular weight is 274 g/mol. The number of hydrogen-bond acceptors (Lipinski definition) is 0. The monoisotopic (exact) mass is 274 g/mol. The minimum Gasteiger partial charge on any atom is -0.0912 e. The molecule has 0 unspecified atom stereocenters. The largest absolute Gasteiger partial charge is 0.0912 e. The molecule has 2 aromatic carbocycles. The fraction of sp³-hybridized carbons (Fsp3) is 0.238. The van der Waals surface area contributed by atoms with Crippen molar-refractivity contribution in [2.75, 3.05) is 0 Å². The van der Waals surface area contributed by atoms with E-state index in [1.165, 1.54) is 27.8 Å². The molecule has 2 aromatic rings. The predicted octanol–water partition coefficient (Wildman–Crippen LogP) is 5.47. The molecule has 0 heteroatoms. The van der Waals surface area contributed by atoms with E-state index in [0.717, 1.165) is 12.0 Å². The molecule has 0 aromatic heterocycles. The van der Waals surface area contributed by atoms with E-state index in [0.29, 0.717) is 0 Å². The van der Waals surface area contributed by atoms with Crippen molar-refractivity contribution in [2.45, 2.75) is 32.6 Å². The van der Waals surface area contributed by atoms with E-state index < -0.39 is 0 Å².